The number of aliphatic hydroxyl groups excluding tert-OH is 8. The Morgan fingerprint density at radius 1 is 0.438 bits per heavy atom. The average Bonchev–Trinajstić information content (AvgIpc) is 1.51. The zero-order chi connectivity index (χ0) is 78.6. The van der Waals surface area contributed by atoms with Crippen LogP contribution in [0.3, 0.4) is 0 Å². The summed E-state index contributed by atoms with van der Waals surface area (Å²) in [5, 5.41) is 79.2. The molecule has 16 atom stereocenters. The van der Waals surface area contributed by atoms with Gasteiger partial charge in [0.25, 0.3) is 45.7 Å². The summed E-state index contributed by atoms with van der Waals surface area (Å²) >= 11 is 19.1. The summed E-state index contributed by atoms with van der Waals surface area (Å²) in [5.74, 6) is -14.7. The fourth-order valence-corrected chi connectivity index (χ4v) is 9.69. The van der Waals surface area contributed by atoms with Gasteiger partial charge in [-0.3, -0.25) is 94.7 Å². The van der Waals surface area contributed by atoms with Gasteiger partial charge >= 0.3 is 31.3 Å². The van der Waals surface area contributed by atoms with E-state index in [4.69, 9.17) is 101 Å². The second-order valence-electron chi connectivity index (χ2n) is 18.7. The first-order valence-electron chi connectivity index (χ1n) is 27.3. The highest BCUT2D eigenvalue weighted by Crippen LogP contribution is 2.48. The highest BCUT2D eigenvalue weighted by molar-refractivity contribution is 7.71. The number of nitrogens with one attached hydrogen (secondary N) is 4. The van der Waals surface area contributed by atoms with Gasteiger partial charge in [-0.1, -0.05) is 0 Å². The number of hydrogen-bond acceptors (Lipinski definition) is 32. The average molecular weight is 1550 g/mol. The van der Waals surface area contributed by atoms with Gasteiger partial charge in [-0.2, -0.15) is 0 Å². The Bertz CT molecular complexity index is 4620. The molecule has 8 heterocycles. The van der Waals surface area contributed by atoms with Gasteiger partial charge in [0, 0.05) is 24.8 Å². The molecule has 56 heteroatoms. The minimum atomic E-state index is -5.64. The number of aldehydes is 4. The van der Waals surface area contributed by atoms with Gasteiger partial charge in [0.1, 0.15) is 75.2 Å². The molecule has 0 unspecified atom stereocenters. The van der Waals surface area contributed by atoms with Crippen LogP contribution in [0, 0.1) is 19.1 Å². The number of hydrogen-bond donors (Lipinski definition) is 20. The first-order valence-corrected chi connectivity index (χ1v) is 32.0. The lowest BCUT2D eigenvalue weighted by Gasteiger charge is -2.23. The van der Waals surface area contributed by atoms with E-state index in [-0.39, 0.29) is 29.9 Å². The normalized spacial score (nSPS) is 33.2. The van der Waals surface area contributed by atoms with Crippen molar-refractivity contribution in [2.75, 3.05) is 26.3 Å². The van der Waals surface area contributed by atoms with Crippen LogP contribution in [0.5, 0.6) is 0 Å². The molecule has 96 heavy (non-hydrogen) atoms. The molecular weight excluding hydrogens is 1500 g/mol. The molecule has 4 aromatic rings. The van der Waals surface area contributed by atoms with Crippen LogP contribution in [0.25, 0.3) is 0 Å². The smallest absolute Gasteiger partial charge is 0.385 e. The highest BCUT2D eigenvalue weighted by atomic mass is 32.1. The predicted molar refractivity (Wildman–Crippen MR) is 301 cm³/mol. The van der Waals surface area contributed by atoms with Gasteiger partial charge in [-0.15, -0.1) is 0 Å². The van der Waals surface area contributed by atoms with Crippen molar-refractivity contribution >= 4 is 105 Å². The number of aromatic nitrogens is 8. The minimum absolute atomic E-state index is 0.0318. The third-order valence-electron chi connectivity index (χ3n) is 12.0. The number of nitrogens with zero attached hydrogens (tertiary/aromatic N) is 4. The summed E-state index contributed by atoms with van der Waals surface area (Å²) < 4.78 is 182. The quantitative estimate of drug-likeness (QED) is 0.0170. The number of phosphoric acid groups is 4. The maximum absolute atomic E-state index is 15.1. The number of rotatable bonds is 20. The summed E-state index contributed by atoms with van der Waals surface area (Å²) in [7, 11) is -21.4. The number of alkyl halides is 4. The summed E-state index contributed by atoms with van der Waals surface area (Å²) in [5.41, 5.74) is -5.71. The molecule has 4 aliphatic rings. The maximum atomic E-state index is 15.1. The molecule has 536 valence electrons. The number of H-pyrrole nitrogens is 4. The van der Waals surface area contributed by atoms with E-state index in [1.54, 1.807) is 0 Å². The van der Waals surface area contributed by atoms with Crippen LogP contribution < -0.4 is 22.2 Å². The molecule has 20 N–H and O–H groups in total. The van der Waals surface area contributed by atoms with E-state index in [0.29, 0.717) is 26.1 Å². The number of halogens is 4. The van der Waals surface area contributed by atoms with Gasteiger partial charge < -0.3 is 98.9 Å². The van der Waals surface area contributed by atoms with Crippen LogP contribution >= 0.6 is 80.2 Å². The van der Waals surface area contributed by atoms with Crippen LogP contribution in [0.2, 0.25) is 0 Å². The van der Waals surface area contributed by atoms with Crippen LogP contribution in [0.4, 0.5) is 17.6 Å². The Balaban J connectivity index is 0.000000245. The van der Waals surface area contributed by atoms with Crippen molar-refractivity contribution in [3.63, 3.8) is 0 Å². The molecule has 0 bridgehead atoms. The van der Waals surface area contributed by atoms with E-state index in [2.05, 4.69) is 37.3 Å². The molecule has 44 nitrogen and oxygen atoms in total. The number of aliphatic hydroxyl groups is 8. The summed E-state index contributed by atoms with van der Waals surface area (Å²) in [6.45, 7) is -10.9. The fourth-order valence-electron chi connectivity index (χ4n) is 7.55. The first kappa shape index (κ1) is 72.0. The molecule has 0 spiro atoms. The lowest BCUT2D eigenvalue weighted by atomic mass is 10.1. The Morgan fingerprint density at radius 2 is 0.667 bits per heavy atom. The molecule has 4 saturated heterocycles. The molecule has 0 amide bonds. The summed E-state index contributed by atoms with van der Waals surface area (Å²) in [6, 6.07) is 0. The Labute approximate surface area is 553 Å². The van der Waals surface area contributed by atoms with E-state index >= 15 is 4.39 Å². The first-order chi connectivity index (χ1) is 46.1. The van der Waals surface area contributed by atoms with E-state index in [1.807, 2.05) is 15.0 Å². The maximum Gasteiger partial charge on any atom is 0.469 e. The Hall–Kier alpha value is -5.24. The summed E-state index contributed by atoms with van der Waals surface area (Å²) in [6.07, 6.45) is -25.7. The van der Waals surface area contributed by atoms with Gasteiger partial charge in [-0.25, -0.2) is 35.8 Å². The zero-order valence-electron chi connectivity index (χ0n) is 51.8. The standard InChI is InChI=1S/4C10H12FN2O9PS/c4*11-10(3-21-23(18,19)20)6(16)5(15)8(22-10)13-1-4(2-14)7(17)12-9(13)24/h4*1-2,5-6,8,15-16H,3H2,(H,12,17,24)(H2,18,19,20)/t4*5-,6+,8-,10-/m1111/s1/i3D2,8D;8D;3D2;. The number of carbonyl (C=O) groups excluding carboxylic acids is 4. The predicted octanol–water partition coefficient (Wildman–Crippen LogP) is -5.02. The van der Waals surface area contributed by atoms with Crippen molar-refractivity contribution in [1.82, 2.24) is 38.2 Å². The second-order valence-corrected chi connectivity index (χ2v) is 25.1. The number of aromatic amines is 4. The Morgan fingerprint density at radius 3 is 0.969 bits per heavy atom. The zero-order valence-corrected chi connectivity index (χ0v) is 52.7. The van der Waals surface area contributed by atoms with E-state index in [9.17, 15) is 111 Å². The summed E-state index contributed by atoms with van der Waals surface area (Å²) in [4.78, 5) is 166. The van der Waals surface area contributed by atoms with Crippen LogP contribution in [-0.2, 0) is 55.3 Å². The molecule has 8 rings (SSSR count). The third kappa shape index (κ3) is 19.6. The lowest BCUT2D eigenvalue weighted by molar-refractivity contribution is -0.204. The molecule has 0 aliphatic carbocycles. The topological polar surface area (TPSA) is 685 Å². The monoisotopic (exact) mass is 1550 g/mol. The highest BCUT2D eigenvalue weighted by Gasteiger charge is 2.60. The lowest BCUT2D eigenvalue weighted by Crippen LogP contribution is -2.42. The van der Waals surface area contributed by atoms with Crippen LogP contribution in [0.15, 0.2) is 44.0 Å². The molecule has 0 saturated carbocycles. The number of phosphoric ester groups is 4. The van der Waals surface area contributed by atoms with E-state index < -0.39 is 214 Å². The van der Waals surface area contributed by atoms with Gasteiger partial charge in [-0.05, 0) is 48.9 Å². The van der Waals surface area contributed by atoms with Crippen LogP contribution in [0.1, 0.15) is 74.5 Å². The Kier molecular flexibility index (Phi) is 23.3. The van der Waals surface area contributed by atoms with E-state index in [0.717, 1.165) is 17.0 Å². The minimum Gasteiger partial charge on any atom is -0.385 e. The van der Waals surface area contributed by atoms with Gasteiger partial charge in [0.15, 0.2) is 69.1 Å². The molecule has 4 aromatic heterocycles. The largest absolute Gasteiger partial charge is 0.469 e. The second kappa shape index (κ2) is 31.1. The van der Waals surface area contributed by atoms with Crippen molar-refractivity contribution in [1.29, 1.82) is 0 Å². The van der Waals surface area contributed by atoms with Crippen LogP contribution in [-0.4, -0.2) is 242 Å². The van der Waals surface area contributed by atoms with Gasteiger partial charge in [0.2, 0.25) is 0 Å². The SMILES string of the molecule is O=Cc1cn([C@@H]2O[C@](F)(COP(=O)(O)O)[C@@H](O)[C@H]2O)c(=S)[nH]c1=O.[2H]C([2H])(OP(=O)(O)O)[C@@]1(F)O[C@@H](n2cc(C=O)c(=O)[nH]c2=S)[C@H](O)[C@@H]1O.[2H]C([2H])(OP(=O)(O)O)[C@@]1(F)O[C@@]([2H])(n2cc(C=O)c(=O)[nH]c2=S)[C@H](O)[C@@H]1O.[2H][C@@]1(n2cc(C=O)c(=O)[nH]c2=S)O[C@](F)(COP(=O)(O)O)[C@@H](O)[C@H]1O. The van der Waals surface area contributed by atoms with E-state index in [1.165, 1.54) is 0 Å². The molecule has 4 aliphatic heterocycles. The van der Waals surface area contributed by atoms with Crippen molar-refractivity contribution in [3.05, 3.63) is 108 Å². The molecule has 0 aromatic carbocycles. The third-order valence-corrected chi connectivity index (χ3v) is 14.9. The number of ether oxygens (including phenoxy) is 4. The fraction of sp³-hybridized carbons (Fsp3) is 0.500. The van der Waals surface area contributed by atoms with Crippen molar-refractivity contribution in [2.45, 2.75) is 97.1 Å². The van der Waals surface area contributed by atoms with Crippen molar-refractivity contribution in [2.24, 2.45) is 0 Å². The molecule has 0 radical (unpaired) electrons. The molecular formula is C40H48F4N8O36P4S4. The van der Waals surface area contributed by atoms with Crippen molar-refractivity contribution in [3.8, 4) is 0 Å². The van der Waals surface area contributed by atoms with Crippen molar-refractivity contribution < 1.29 is 180 Å². The van der Waals surface area contributed by atoms with Gasteiger partial charge in [0.05, 0.1) is 30.5 Å². The number of carbonyl (C=O) groups is 4. The molecule has 4 fully saturated rings.